The minimum absolute atomic E-state index is 0.314. The Hall–Kier alpha value is -1.55. The lowest BCUT2D eigenvalue weighted by Gasteiger charge is -2.37. The highest BCUT2D eigenvalue weighted by Gasteiger charge is 2.37. The summed E-state index contributed by atoms with van der Waals surface area (Å²) in [5.74, 6) is 0.471. The lowest BCUT2D eigenvalue weighted by Crippen LogP contribution is -2.45. The first-order valence-corrected chi connectivity index (χ1v) is 13.3. The fourth-order valence-electron chi connectivity index (χ4n) is 3.04. The number of ether oxygens (including phenoxy) is 1. The molecule has 155 valence electrons. The van der Waals surface area contributed by atoms with Gasteiger partial charge in [-0.2, -0.15) is 8.42 Å². The van der Waals surface area contributed by atoms with Crippen molar-refractivity contribution in [2.45, 2.75) is 52.5 Å². The van der Waals surface area contributed by atoms with Crippen LogP contribution in [0.3, 0.4) is 0 Å². The molecule has 0 saturated heterocycles. The lowest BCUT2D eigenvalue weighted by atomic mass is 9.84. The van der Waals surface area contributed by atoms with Gasteiger partial charge in [0.05, 0.1) is 30.5 Å². The molecule has 0 N–H and O–H groups in total. The molecule has 2 atom stereocenters. The summed E-state index contributed by atoms with van der Waals surface area (Å²) in [4.78, 5) is 8.84. The predicted octanol–water partition coefficient (Wildman–Crippen LogP) is 3.21. The Balaban J connectivity index is 2.52. The highest BCUT2D eigenvalue weighted by atomic mass is 32.2. The van der Waals surface area contributed by atoms with E-state index in [1.54, 1.807) is 19.4 Å². The van der Waals surface area contributed by atoms with E-state index >= 15 is 0 Å². The molecule has 0 spiro atoms. The summed E-state index contributed by atoms with van der Waals surface area (Å²) in [5.41, 5.74) is 1.89. The maximum Gasteiger partial charge on any atom is 0.264 e. The molecule has 2 heterocycles. The molecular weight excluding hydrogens is 396 g/mol. The Bertz CT molecular complexity index is 912. The molecule has 0 aliphatic heterocycles. The molecule has 0 aliphatic rings. The monoisotopic (exact) mass is 425 g/mol. The van der Waals surface area contributed by atoms with Crippen LogP contribution in [0.25, 0.3) is 11.0 Å². The second kappa shape index (κ2) is 8.85. The molecule has 0 aliphatic carbocycles. The van der Waals surface area contributed by atoms with E-state index in [9.17, 15) is 8.42 Å². The van der Waals surface area contributed by atoms with Gasteiger partial charge in [-0.15, -0.1) is 0 Å². The Morgan fingerprint density at radius 3 is 2.39 bits per heavy atom. The van der Waals surface area contributed by atoms with E-state index in [1.165, 1.54) is 0 Å². The minimum atomic E-state index is -3.68. The van der Waals surface area contributed by atoms with Crippen LogP contribution in [-0.4, -0.2) is 53.0 Å². The Morgan fingerprint density at radius 1 is 1.18 bits per heavy atom. The van der Waals surface area contributed by atoms with Crippen LogP contribution in [0.2, 0.25) is 13.1 Å². The van der Waals surface area contributed by atoms with Gasteiger partial charge in [0.15, 0.2) is 0 Å². The standard InChI is InChI=1S/C19H29N2O5SSi/c1-19(2,3)18(26-28(6)7)15(25-27(5,22)23)12-13-10-11-20-14-8-9-16(24-4)21-17(13)14/h8-11,15,18H,12H2,1-7H3. The van der Waals surface area contributed by atoms with Crippen molar-refractivity contribution < 1.29 is 21.8 Å². The zero-order valence-electron chi connectivity index (χ0n) is 17.5. The first kappa shape index (κ1) is 22.7. The molecular formula is C19H29N2O5SSi. The maximum absolute atomic E-state index is 12.0. The SMILES string of the molecule is COc1ccc2nccc(CC(OS(C)(=O)=O)C(O[Si](C)C)C(C)(C)C)c2n1. The summed E-state index contributed by atoms with van der Waals surface area (Å²) in [7, 11) is -3.21. The molecule has 7 nitrogen and oxygen atoms in total. The second-order valence-corrected chi connectivity index (χ2v) is 11.7. The number of rotatable bonds is 8. The molecule has 2 rings (SSSR count). The van der Waals surface area contributed by atoms with Gasteiger partial charge in [-0.3, -0.25) is 9.17 Å². The zero-order chi connectivity index (χ0) is 21.1. The van der Waals surface area contributed by atoms with Crippen molar-refractivity contribution in [1.29, 1.82) is 0 Å². The van der Waals surface area contributed by atoms with E-state index in [1.807, 2.05) is 46.0 Å². The van der Waals surface area contributed by atoms with Crippen LogP contribution in [0.4, 0.5) is 0 Å². The van der Waals surface area contributed by atoms with E-state index < -0.39 is 31.4 Å². The average Bonchev–Trinajstić information content (AvgIpc) is 2.56. The van der Waals surface area contributed by atoms with Gasteiger partial charge in [-0.1, -0.05) is 20.8 Å². The highest BCUT2D eigenvalue weighted by molar-refractivity contribution is 7.86. The number of hydrogen-bond acceptors (Lipinski definition) is 7. The van der Waals surface area contributed by atoms with Gasteiger partial charge in [0.25, 0.3) is 10.1 Å². The molecule has 1 radical (unpaired) electrons. The molecule has 0 aromatic carbocycles. The van der Waals surface area contributed by atoms with Gasteiger partial charge in [0.1, 0.15) is 6.10 Å². The smallest absolute Gasteiger partial charge is 0.264 e. The molecule has 2 aromatic rings. The fraction of sp³-hybridized carbons (Fsp3) is 0.579. The van der Waals surface area contributed by atoms with Gasteiger partial charge in [-0.05, 0) is 36.2 Å². The number of pyridine rings is 2. The van der Waals surface area contributed by atoms with Crippen LogP contribution in [-0.2, 0) is 25.1 Å². The van der Waals surface area contributed by atoms with E-state index in [4.69, 9.17) is 13.3 Å². The van der Waals surface area contributed by atoms with Crippen LogP contribution < -0.4 is 4.74 Å². The van der Waals surface area contributed by atoms with Crippen molar-refractivity contribution in [3.63, 3.8) is 0 Å². The van der Waals surface area contributed by atoms with Crippen molar-refractivity contribution in [2.75, 3.05) is 13.4 Å². The zero-order valence-corrected chi connectivity index (χ0v) is 19.3. The van der Waals surface area contributed by atoms with Crippen molar-refractivity contribution in [2.24, 2.45) is 5.41 Å². The van der Waals surface area contributed by atoms with E-state index in [0.717, 1.165) is 11.8 Å². The van der Waals surface area contributed by atoms with Crippen molar-refractivity contribution in [3.05, 3.63) is 30.0 Å². The second-order valence-electron chi connectivity index (χ2n) is 8.05. The normalized spacial score (nSPS) is 15.0. The van der Waals surface area contributed by atoms with Crippen LogP contribution in [0.5, 0.6) is 5.88 Å². The van der Waals surface area contributed by atoms with E-state index in [0.29, 0.717) is 23.3 Å². The van der Waals surface area contributed by atoms with Crippen molar-refractivity contribution >= 4 is 30.2 Å². The summed E-state index contributed by atoms with van der Waals surface area (Å²) in [5, 5.41) is 0. The summed E-state index contributed by atoms with van der Waals surface area (Å²) in [6.07, 6.45) is 1.98. The van der Waals surface area contributed by atoms with Crippen molar-refractivity contribution in [1.82, 2.24) is 9.97 Å². The van der Waals surface area contributed by atoms with E-state index in [2.05, 4.69) is 9.97 Å². The molecule has 2 aromatic heterocycles. The van der Waals surface area contributed by atoms with E-state index in [-0.39, 0.29) is 5.41 Å². The molecule has 0 amide bonds. The summed E-state index contributed by atoms with van der Waals surface area (Å²) in [6.45, 7) is 10.1. The maximum atomic E-state index is 12.0. The Kier molecular flexibility index (Phi) is 7.19. The van der Waals surface area contributed by atoms with Gasteiger partial charge >= 0.3 is 0 Å². The Morgan fingerprint density at radius 2 is 1.86 bits per heavy atom. The molecule has 9 heteroatoms. The van der Waals surface area contributed by atoms with Crippen LogP contribution >= 0.6 is 0 Å². The molecule has 2 unspecified atom stereocenters. The lowest BCUT2D eigenvalue weighted by molar-refractivity contribution is -0.0112. The molecule has 0 fully saturated rings. The van der Waals surface area contributed by atoms with Gasteiger partial charge in [-0.25, -0.2) is 4.98 Å². The minimum Gasteiger partial charge on any atom is -0.481 e. The molecule has 0 bridgehead atoms. The van der Waals surface area contributed by atoms with Crippen LogP contribution in [0.1, 0.15) is 26.3 Å². The van der Waals surface area contributed by atoms with Gasteiger partial charge < -0.3 is 9.16 Å². The average molecular weight is 426 g/mol. The first-order valence-electron chi connectivity index (χ1n) is 9.04. The number of fused-ring (bicyclic) bond motifs is 1. The first-order chi connectivity index (χ1) is 12.9. The van der Waals surface area contributed by atoms with Gasteiger partial charge in [0.2, 0.25) is 14.9 Å². The highest BCUT2D eigenvalue weighted by Crippen LogP contribution is 2.31. The topological polar surface area (TPSA) is 87.6 Å². The predicted molar refractivity (Wildman–Crippen MR) is 111 cm³/mol. The molecule has 28 heavy (non-hydrogen) atoms. The Labute approximate surface area is 169 Å². The summed E-state index contributed by atoms with van der Waals surface area (Å²) >= 11 is 0. The number of nitrogens with zero attached hydrogens (tertiary/aromatic N) is 2. The third kappa shape index (κ3) is 6.23. The number of aromatic nitrogens is 2. The quantitative estimate of drug-likeness (QED) is 0.474. The van der Waals surface area contributed by atoms with Crippen molar-refractivity contribution in [3.8, 4) is 5.88 Å². The van der Waals surface area contributed by atoms with Gasteiger partial charge in [0, 0.05) is 18.7 Å². The number of methoxy groups -OCH3 is 1. The van der Waals surface area contributed by atoms with Crippen LogP contribution in [0.15, 0.2) is 24.4 Å². The van der Waals surface area contributed by atoms with Crippen LogP contribution in [0, 0.1) is 5.41 Å². The fourth-order valence-corrected chi connectivity index (χ4v) is 4.67. The molecule has 0 saturated carbocycles. The summed E-state index contributed by atoms with van der Waals surface area (Å²) in [6, 6.07) is 5.40. The number of hydrogen-bond donors (Lipinski definition) is 0. The third-order valence-corrected chi connectivity index (χ3v) is 5.45. The summed E-state index contributed by atoms with van der Waals surface area (Å²) < 4.78 is 40.9. The largest absolute Gasteiger partial charge is 0.481 e. The third-order valence-electron chi connectivity index (χ3n) is 4.12.